The maximum Gasteiger partial charge on any atom is 0.320 e. The minimum atomic E-state index is -0.255. The average Bonchev–Trinajstić information content (AvgIpc) is 2.96. The number of amides is 2. The minimum Gasteiger partial charge on any atom is -0.371 e. The predicted octanol–water partition coefficient (Wildman–Crippen LogP) is 3.04. The number of anilines is 1. The van der Waals surface area contributed by atoms with Gasteiger partial charge in [0.15, 0.2) is 0 Å². The van der Waals surface area contributed by atoms with E-state index < -0.39 is 0 Å². The molecule has 3 rings (SSSR count). The summed E-state index contributed by atoms with van der Waals surface area (Å²) in [5.41, 5.74) is 1.95. The van der Waals surface area contributed by atoms with Crippen molar-refractivity contribution in [2.24, 2.45) is 0 Å². The van der Waals surface area contributed by atoms with Gasteiger partial charge in [-0.3, -0.25) is 5.32 Å². The number of nitrogens with one attached hydrogen (secondary N) is 2. The van der Waals surface area contributed by atoms with Gasteiger partial charge in [0.2, 0.25) is 0 Å². The number of hydrogen-bond donors (Lipinski definition) is 2. The minimum absolute atomic E-state index is 0.0350. The average molecular weight is 297 g/mol. The Morgan fingerprint density at radius 3 is 2.77 bits per heavy atom. The Balaban J connectivity index is 1.63. The fraction of sp³-hybridized carbons (Fsp3) is 0.294. The molecule has 2 aromatic rings. The standard InChI is InChI=1S/C17H19N3O2/c1-12-6-5-9-15(18-12)20-17(21)19-14-10-11-22-16(14)13-7-3-2-4-8-13/h2-9,14,16H,10-11H2,1H3,(H2,18,19,20,21)/t14-,16+/m0/s1. The highest BCUT2D eigenvalue weighted by Gasteiger charge is 2.30. The van der Waals surface area contributed by atoms with E-state index in [1.165, 1.54) is 0 Å². The first-order chi connectivity index (χ1) is 10.7. The van der Waals surface area contributed by atoms with Gasteiger partial charge < -0.3 is 10.1 Å². The molecule has 1 aliphatic rings. The van der Waals surface area contributed by atoms with Gasteiger partial charge in [-0.1, -0.05) is 36.4 Å². The third-order valence-electron chi connectivity index (χ3n) is 3.67. The summed E-state index contributed by atoms with van der Waals surface area (Å²) >= 11 is 0. The van der Waals surface area contributed by atoms with Crippen LogP contribution in [0.5, 0.6) is 0 Å². The molecule has 0 spiro atoms. The lowest BCUT2D eigenvalue weighted by molar-refractivity contribution is 0.100. The van der Waals surface area contributed by atoms with Gasteiger partial charge in [-0.2, -0.15) is 0 Å². The van der Waals surface area contributed by atoms with Crippen LogP contribution in [0.3, 0.4) is 0 Å². The second-order valence-electron chi connectivity index (χ2n) is 5.36. The summed E-state index contributed by atoms with van der Waals surface area (Å²) in [6, 6.07) is 15.2. The number of carbonyl (C=O) groups is 1. The lowest BCUT2D eigenvalue weighted by Crippen LogP contribution is -2.39. The van der Waals surface area contributed by atoms with Crippen LogP contribution in [0.25, 0.3) is 0 Å². The monoisotopic (exact) mass is 297 g/mol. The summed E-state index contributed by atoms with van der Waals surface area (Å²) in [6.45, 7) is 2.53. The van der Waals surface area contributed by atoms with E-state index in [-0.39, 0.29) is 18.2 Å². The van der Waals surface area contributed by atoms with Crippen LogP contribution in [0.4, 0.5) is 10.6 Å². The zero-order valence-corrected chi connectivity index (χ0v) is 12.5. The lowest BCUT2D eigenvalue weighted by Gasteiger charge is -2.20. The van der Waals surface area contributed by atoms with Gasteiger partial charge in [0.05, 0.1) is 6.04 Å². The Labute approximate surface area is 129 Å². The molecule has 2 amide bonds. The number of hydrogen-bond acceptors (Lipinski definition) is 3. The first kappa shape index (κ1) is 14.5. The van der Waals surface area contributed by atoms with Gasteiger partial charge in [0, 0.05) is 12.3 Å². The number of ether oxygens (including phenoxy) is 1. The number of aromatic nitrogens is 1. The third-order valence-corrected chi connectivity index (χ3v) is 3.67. The van der Waals surface area contributed by atoms with Crippen molar-refractivity contribution in [3.8, 4) is 0 Å². The van der Waals surface area contributed by atoms with Crippen LogP contribution in [0.1, 0.15) is 23.8 Å². The molecule has 0 aliphatic carbocycles. The molecule has 5 heteroatoms. The molecule has 1 fully saturated rings. The molecule has 1 saturated heterocycles. The normalized spacial score (nSPS) is 20.6. The van der Waals surface area contributed by atoms with Gasteiger partial charge in [-0.05, 0) is 31.0 Å². The highest BCUT2D eigenvalue weighted by atomic mass is 16.5. The van der Waals surface area contributed by atoms with E-state index in [0.29, 0.717) is 12.4 Å². The zero-order chi connectivity index (χ0) is 15.4. The first-order valence-electron chi connectivity index (χ1n) is 7.40. The van der Waals surface area contributed by atoms with Gasteiger partial charge in [-0.15, -0.1) is 0 Å². The molecule has 5 nitrogen and oxygen atoms in total. The van der Waals surface area contributed by atoms with Crippen LogP contribution < -0.4 is 10.6 Å². The summed E-state index contributed by atoms with van der Waals surface area (Å²) in [6.07, 6.45) is 0.700. The number of carbonyl (C=O) groups excluding carboxylic acids is 1. The molecular formula is C17H19N3O2. The number of pyridine rings is 1. The van der Waals surface area contributed by atoms with Crippen LogP contribution >= 0.6 is 0 Å². The molecule has 2 atom stereocenters. The van der Waals surface area contributed by atoms with Crippen LogP contribution in [0.15, 0.2) is 48.5 Å². The molecule has 1 aromatic carbocycles. The molecule has 0 bridgehead atoms. The second kappa shape index (κ2) is 6.58. The summed E-state index contributed by atoms with van der Waals surface area (Å²) < 4.78 is 5.76. The quantitative estimate of drug-likeness (QED) is 0.915. The number of benzene rings is 1. The van der Waals surface area contributed by atoms with Crippen molar-refractivity contribution in [1.82, 2.24) is 10.3 Å². The highest BCUT2D eigenvalue weighted by molar-refractivity contribution is 5.88. The molecule has 1 aromatic heterocycles. The van der Waals surface area contributed by atoms with E-state index in [1.54, 1.807) is 6.07 Å². The third kappa shape index (κ3) is 3.43. The van der Waals surface area contributed by atoms with E-state index in [2.05, 4.69) is 15.6 Å². The van der Waals surface area contributed by atoms with Crippen molar-refractivity contribution in [2.45, 2.75) is 25.5 Å². The Kier molecular flexibility index (Phi) is 4.34. The van der Waals surface area contributed by atoms with E-state index in [4.69, 9.17) is 4.74 Å². The summed E-state index contributed by atoms with van der Waals surface area (Å²) in [5.74, 6) is 0.549. The van der Waals surface area contributed by atoms with Gasteiger partial charge >= 0.3 is 6.03 Å². The van der Waals surface area contributed by atoms with Crippen molar-refractivity contribution in [2.75, 3.05) is 11.9 Å². The molecule has 0 radical (unpaired) electrons. The van der Waals surface area contributed by atoms with Crippen molar-refractivity contribution >= 4 is 11.8 Å². The maximum absolute atomic E-state index is 12.1. The molecule has 114 valence electrons. The summed E-state index contributed by atoms with van der Waals surface area (Å²) in [5, 5.41) is 5.75. The highest BCUT2D eigenvalue weighted by Crippen LogP contribution is 2.28. The molecule has 1 aliphatic heterocycles. The molecule has 0 unspecified atom stereocenters. The van der Waals surface area contributed by atoms with E-state index in [9.17, 15) is 4.79 Å². The summed E-state index contributed by atoms with van der Waals surface area (Å²) in [7, 11) is 0. The maximum atomic E-state index is 12.1. The number of nitrogens with zero attached hydrogens (tertiary/aromatic N) is 1. The molecular weight excluding hydrogens is 278 g/mol. The Morgan fingerprint density at radius 2 is 2.00 bits per heavy atom. The van der Waals surface area contributed by atoms with Crippen LogP contribution in [0.2, 0.25) is 0 Å². The second-order valence-corrected chi connectivity index (χ2v) is 5.36. The largest absolute Gasteiger partial charge is 0.371 e. The molecule has 2 heterocycles. The van der Waals surface area contributed by atoms with E-state index in [0.717, 1.165) is 17.7 Å². The van der Waals surface area contributed by atoms with Crippen molar-refractivity contribution in [1.29, 1.82) is 0 Å². The number of aryl methyl sites for hydroxylation is 1. The Hall–Kier alpha value is -2.40. The zero-order valence-electron chi connectivity index (χ0n) is 12.5. The van der Waals surface area contributed by atoms with E-state index in [1.807, 2.05) is 49.4 Å². The van der Waals surface area contributed by atoms with Crippen molar-refractivity contribution < 1.29 is 9.53 Å². The Morgan fingerprint density at radius 1 is 1.18 bits per heavy atom. The first-order valence-corrected chi connectivity index (χ1v) is 7.40. The number of urea groups is 1. The SMILES string of the molecule is Cc1cccc(NC(=O)N[C@H]2CCO[C@@H]2c2ccccc2)n1. The predicted molar refractivity (Wildman–Crippen MR) is 84.7 cm³/mol. The van der Waals surface area contributed by atoms with Crippen LogP contribution in [-0.4, -0.2) is 23.7 Å². The van der Waals surface area contributed by atoms with Gasteiger partial charge in [0.25, 0.3) is 0 Å². The molecule has 2 N–H and O–H groups in total. The lowest BCUT2D eigenvalue weighted by atomic mass is 10.0. The van der Waals surface area contributed by atoms with Crippen molar-refractivity contribution in [3.05, 3.63) is 59.8 Å². The topological polar surface area (TPSA) is 63.2 Å². The number of rotatable bonds is 3. The fourth-order valence-electron chi connectivity index (χ4n) is 2.64. The molecule has 22 heavy (non-hydrogen) atoms. The van der Waals surface area contributed by atoms with Gasteiger partial charge in [0.1, 0.15) is 11.9 Å². The smallest absolute Gasteiger partial charge is 0.320 e. The summed E-state index contributed by atoms with van der Waals surface area (Å²) in [4.78, 5) is 16.4. The fourth-order valence-corrected chi connectivity index (χ4v) is 2.64. The van der Waals surface area contributed by atoms with Crippen LogP contribution in [0, 0.1) is 6.92 Å². The van der Waals surface area contributed by atoms with Gasteiger partial charge in [-0.25, -0.2) is 9.78 Å². The van der Waals surface area contributed by atoms with E-state index >= 15 is 0 Å². The van der Waals surface area contributed by atoms with Crippen molar-refractivity contribution in [3.63, 3.8) is 0 Å². The molecule has 0 saturated carbocycles. The van der Waals surface area contributed by atoms with Crippen LogP contribution in [-0.2, 0) is 4.74 Å². The Bertz CT molecular complexity index is 645.